The SMILES string of the molecule is CCc1ccc(CN(C)CCC(=O)Nc2ccccc2F)cc1. The van der Waals surface area contributed by atoms with Crippen molar-refractivity contribution in [3.63, 3.8) is 0 Å². The normalized spacial score (nSPS) is 10.8. The van der Waals surface area contributed by atoms with Gasteiger partial charge in [-0.25, -0.2) is 4.39 Å². The molecule has 3 nitrogen and oxygen atoms in total. The Labute approximate surface area is 137 Å². The van der Waals surface area contributed by atoms with Gasteiger partial charge in [0.25, 0.3) is 0 Å². The molecular weight excluding hydrogens is 291 g/mol. The Morgan fingerprint density at radius 1 is 1.09 bits per heavy atom. The van der Waals surface area contributed by atoms with Crippen LogP contribution in [0.1, 0.15) is 24.5 Å². The Balaban J connectivity index is 1.78. The zero-order valence-electron chi connectivity index (χ0n) is 13.7. The summed E-state index contributed by atoms with van der Waals surface area (Å²) in [7, 11) is 1.98. The van der Waals surface area contributed by atoms with Gasteiger partial charge in [-0.1, -0.05) is 43.3 Å². The summed E-state index contributed by atoms with van der Waals surface area (Å²) in [6.45, 7) is 3.54. The zero-order chi connectivity index (χ0) is 16.7. The van der Waals surface area contributed by atoms with Gasteiger partial charge in [-0.15, -0.1) is 0 Å². The molecule has 0 saturated heterocycles. The fourth-order valence-electron chi connectivity index (χ4n) is 2.34. The highest BCUT2D eigenvalue weighted by Gasteiger charge is 2.08. The number of hydrogen-bond donors (Lipinski definition) is 1. The van der Waals surface area contributed by atoms with Crippen molar-refractivity contribution in [3.8, 4) is 0 Å². The number of carbonyl (C=O) groups is 1. The number of halogens is 1. The molecule has 2 aromatic carbocycles. The van der Waals surface area contributed by atoms with E-state index < -0.39 is 5.82 Å². The number of benzene rings is 2. The standard InChI is InChI=1S/C19H23FN2O/c1-3-15-8-10-16(11-9-15)14-22(2)13-12-19(23)21-18-7-5-4-6-17(18)20/h4-11H,3,12-14H2,1-2H3,(H,21,23). The molecule has 0 radical (unpaired) electrons. The fraction of sp³-hybridized carbons (Fsp3) is 0.316. The summed E-state index contributed by atoms with van der Waals surface area (Å²) in [6, 6.07) is 14.7. The lowest BCUT2D eigenvalue weighted by molar-refractivity contribution is -0.116. The summed E-state index contributed by atoms with van der Waals surface area (Å²) in [5.41, 5.74) is 2.77. The second-order valence-electron chi connectivity index (χ2n) is 5.69. The maximum atomic E-state index is 13.5. The van der Waals surface area contributed by atoms with Gasteiger partial charge >= 0.3 is 0 Å². The van der Waals surface area contributed by atoms with Crippen LogP contribution in [0.15, 0.2) is 48.5 Å². The van der Waals surface area contributed by atoms with Crippen molar-refractivity contribution < 1.29 is 9.18 Å². The molecule has 0 bridgehead atoms. The van der Waals surface area contributed by atoms with Gasteiger partial charge in [-0.3, -0.25) is 4.79 Å². The first-order chi connectivity index (χ1) is 11.1. The number of aryl methyl sites for hydroxylation is 1. The first kappa shape index (κ1) is 17.2. The first-order valence-corrected chi connectivity index (χ1v) is 7.89. The van der Waals surface area contributed by atoms with Crippen LogP contribution in [0.25, 0.3) is 0 Å². The summed E-state index contributed by atoms with van der Waals surface area (Å²) in [5.74, 6) is -0.589. The molecule has 1 N–H and O–H groups in total. The van der Waals surface area contributed by atoms with Crippen LogP contribution < -0.4 is 5.32 Å². The van der Waals surface area contributed by atoms with E-state index in [2.05, 4.69) is 41.4 Å². The fourth-order valence-corrected chi connectivity index (χ4v) is 2.34. The van der Waals surface area contributed by atoms with Gasteiger partial charge in [-0.2, -0.15) is 0 Å². The summed E-state index contributed by atoms with van der Waals surface area (Å²) in [6.07, 6.45) is 1.37. The van der Waals surface area contributed by atoms with Crippen molar-refractivity contribution in [2.75, 3.05) is 18.9 Å². The molecule has 0 spiro atoms. The molecule has 0 aliphatic heterocycles. The molecule has 0 atom stereocenters. The van der Waals surface area contributed by atoms with E-state index in [0.717, 1.165) is 13.0 Å². The quantitative estimate of drug-likeness (QED) is 0.842. The number of rotatable bonds is 7. The Morgan fingerprint density at radius 3 is 2.39 bits per heavy atom. The average Bonchev–Trinajstić information content (AvgIpc) is 2.56. The predicted molar refractivity (Wildman–Crippen MR) is 91.8 cm³/mol. The van der Waals surface area contributed by atoms with Gasteiger partial charge in [-0.05, 0) is 36.7 Å². The van der Waals surface area contributed by atoms with E-state index in [1.807, 2.05) is 7.05 Å². The molecule has 2 aromatic rings. The maximum absolute atomic E-state index is 13.5. The molecule has 0 fully saturated rings. The molecule has 0 saturated carbocycles. The smallest absolute Gasteiger partial charge is 0.225 e. The van der Waals surface area contributed by atoms with Crippen LogP contribution in [-0.4, -0.2) is 24.4 Å². The molecule has 0 aliphatic rings. The lowest BCUT2D eigenvalue weighted by Crippen LogP contribution is -2.24. The number of nitrogens with one attached hydrogen (secondary N) is 1. The van der Waals surface area contributed by atoms with Gasteiger partial charge in [0, 0.05) is 19.5 Å². The highest BCUT2D eigenvalue weighted by Crippen LogP contribution is 2.13. The van der Waals surface area contributed by atoms with Gasteiger partial charge in [0.2, 0.25) is 5.91 Å². The number of nitrogens with zero attached hydrogens (tertiary/aromatic N) is 1. The summed E-state index contributed by atoms with van der Waals surface area (Å²) >= 11 is 0. The molecule has 122 valence electrons. The highest BCUT2D eigenvalue weighted by molar-refractivity contribution is 5.90. The van der Waals surface area contributed by atoms with Crippen LogP contribution in [-0.2, 0) is 17.8 Å². The third kappa shape index (κ3) is 5.49. The number of amides is 1. The van der Waals surface area contributed by atoms with E-state index in [9.17, 15) is 9.18 Å². The third-order valence-electron chi connectivity index (χ3n) is 3.75. The van der Waals surface area contributed by atoms with Gasteiger partial charge in [0.15, 0.2) is 0 Å². The molecule has 0 unspecified atom stereocenters. The van der Waals surface area contributed by atoms with Crippen molar-refractivity contribution in [3.05, 3.63) is 65.5 Å². The van der Waals surface area contributed by atoms with Crippen molar-refractivity contribution in [2.24, 2.45) is 0 Å². The molecule has 23 heavy (non-hydrogen) atoms. The van der Waals surface area contributed by atoms with Crippen LogP contribution >= 0.6 is 0 Å². The summed E-state index contributed by atoms with van der Waals surface area (Å²) < 4.78 is 13.5. The molecule has 0 aliphatic carbocycles. The minimum Gasteiger partial charge on any atom is -0.324 e. The van der Waals surface area contributed by atoms with E-state index in [0.29, 0.717) is 13.0 Å². The Kier molecular flexibility index (Phi) is 6.29. The largest absolute Gasteiger partial charge is 0.324 e. The van der Waals surface area contributed by atoms with Crippen molar-refractivity contribution in [1.29, 1.82) is 0 Å². The number of anilines is 1. The maximum Gasteiger partial charge on any atom is 0.225 e. The topological polar surface area (TPSA) is 32.3 Å². The van der Waals surface area contributed by atoms with Crippen LogP contribution in [0.5, 0.6) is 0 Å². The second-order valence-corrected chi connectivity index (χ2v) is 5.69. The van der Waals surface area contributed by atoms with E-state index in [1.165, 1.54) is 17.2 Å². The van der Waals surface area contributed by atoms with Crippen LogP contribution in [0.3, 0.4) is 0 Å². The van der Waals surface area contributed by atoms with Crippen molar-refractivity contribution in [1.82, 2.24) is 4.90 Å². The van der Waals surface area contributed by atoms with Crippen molar-refractivity contribution in [2.45, 2.75) is 26.3 Å². The van der Waals surface area contributed by atoms with E-state index in [1.54, 1.807) is 18.2 Å². The summed E-state index contributed by atoms with van der Waals surface area (Å²) in [5, 5.41) is 2.60. The second kappa shape index (κ2) is 8.44. The lowest BCUT2D eigenvalue weighted by Gasteiger charge is -2.16. The molecule has 0 heterocycles. The van der Waals surface area contributed by atoms with E-state index in [4.69, 9.17) is 0 Å². The predicted octanol–water partition coefficient (Wildman–Crippen LogP) is 3.85. The minimum absolute atomic E-state index is 0.178. The van der Waals surface area contributed by atoms with Gasteiger partial charge in [0.05, 0.1) is 5.69 Å². The van der Waals surface area contributed by atoms with Gasteiger partial charge in [0.1, 0.15) is 5.82 Å². The molecule has 1 amide bonds. The Hall–Kier alpha value is -2.20. The zero-order valence-corrected chi connectivity index (χ0v) is 13.7. The average molecular weight is 314 g/mol. The van der Waals surface area contributed by atoms with Crippen LogP contribution in [0.2, 0.25) is 0 Å². The summed E-state index contributed by atoms with van der Waals surface area (Å²) in [4.78, 5) is 14.0. The van der Waals surface area contributed by atoms with E-state index >= 15 is 0 Å². The minimum atomic E-state index is -0.412. The molecule has 0 aromatic heterocycles. The highest BCUT2D eigenvalue weighted by atomic mass is 19.1. The van der Waals surface area contributed by atoms with Crippen LogP contribution in [0, 0.1) is 5.82 Å². The number of carbonyl (C=O) groups excluding carboxylic acids is 1. The Bertz CT molecular complexity index is 640. The molecule has 4 heteroatoms. The van der Waals surface area contributed by atoms with Crippen molar-refractivity contribution >= 4 is 11.6 Å². The van der Waals surface area contributed by atoms with E-state index in [-0.39, 0.29) is 11.6 Å². The number of hydrogen-bond acceptors (Lipinski definition) is 2. The van der Waals surface area contributed by atoms with Gasteiger partial charge < -0.3 is 10.2 Å². The first-order valence-electron chi connectivity index (χ1n) is 7.89. The monoisotopic (exact) mass is 314 g/mol. The van der Waals surface area contributed by atoms with Crippen LogP contribution in [0.4, 0.5) is 10.1 Å². The lowest BCUT2D eigenvalue weighted by atomic mass is 10.1. The Morgan fingerprint density at radius 2 is 1.74 bits per heavy atom. The number of para-hydroxylation sites is 1. The molecular formula is C19H23FN2O. The third-order valence-corrected chi connectivity index (χ3v) is 3.75. The molecule has 2 rings (SSSR count).